The highest BCUT2D eigenvalue weighted by Gasteiger charge is 2.67. The zero-order valence-electron chi connectivity index (χ0n) is 9.94. The number of thioether (sulfide) groups is 1. The number of H-pyrrole nitrogens is 2. The van der Waals surface area contributed by atoms with Crippen LogP contribution in [-0.4, -0.2) is 17.3 Å². The summed E-state index contributed by atoms with van der Waals surface area (Å²) in [6.07, 6.45) is 3.09. The number of unbranched alkanes of at least 4 members (excludes halogenated alkanes) is 1. The summed E-state index contributed by atoms with van der Waals surface area (Å²) in [6.45, 7) is 2.11. The monoisotopic (exact) mass is 380 g/mol. The van der Waals surface area contributed by atoms with Crippen LogP contribution in [0.3, 0.4) is 0 Å². The number of rotatable bonds is 3. The Labute approximate surface area is 140 Å². The van der Waals surface area contributed by atoms with Crippen molar-refractivity contribution in [3.05, 3.63) is 26.9 Å². The Morgan fingerprint density at radius 3 is 2.16 bits per heavy atom. The van der Waals surface area contributed by atoms with Gasteiger partial charge in [-0.25, -0.2) is 0 Å². The maximum Gasteiger partial charge on any atom is 0.251 e. The van der Waals surface area contributed by atoms with Gasteiger partial charge in [0, 0.05) is 11.8 Å². The minimum absolute atomic E-state index is 0.121. The summed E-state index contributed by atoms with van der Waals surface area (Å²) in [4.78, 5) is 16.4. The van der Waals surface area contributed by atoms with Crippen LogP contribution in [0.1, 0.15) is 25.5 Å². The van der Waals surface area contributed by atoms with Crippen LogP contribution in [0.15, 0.2) is 10.9 Å². The zero-order chi connectivity index (χ0) is 14.7. The van der Waals surface area contributed by atoms with Gasteiger partial charge in [0.05, 0.1) is 0 Å². The Bertz CT molecular complexity index is 501. The summed E-state index contributed by atoms with van der Waals surface area (Å²) >= 11 is 27.5. The fraction of sp³-hybridized carbons (Fsp3) is 0.600. The van der Waals surface area contributed by atoms with Crippen LogP contribution in [-0.2, 0) is 6.42 Å². The van der Waals surface area contributed by atoms with Crippen LogP contribution in [0.25, 0.3) is 0 Å². The minimum Gasteiger partial charge on any atom is -0.336 e. The summed E-state index contributed by atoms with van der Waals surface area (Å²) < 4.78 is -1.51. The van der Waals surface area contributed by atoms with E-state index in [4.69, 9.17) is 58.6 Å². The molecule has 2 heterocycles. The van der Waals surface area contributed by atoms with E-state index >= 15 is 0 Å². The van der Waals surface area contributed by atoms with Gasteiger partial charge in [-0.1, -0.05) is 71.5 Å². The second-order valence-corrected chi connectivity index (χ2v) is 9.24. The van der Waals surface area contributed by atoms with Gasteiger partial charge in [-0.05, 0) is 25.1 Å². The first-order chi connectivity index (χ1) is 8.68. The first-order valence-electron chi connectivity index (χ1n) is 5.46. The van der Waals surface area contributed by atoms with Crippen LogP contribution < -0.4 is 5.56 Å². The van der Waals surface area contributed by atoms with Gasteiger partial charge >= 0.3 is 0 Å². The molecule has 2 rings (SSSR count). The van der Waals surface area contributed by atoms with E-state index in [0.29, 0.717) is 4.77 Å². The highest BCUT2D eigenvalue weighted by atomic mass is 35.5. The normalized spacial score (nSPS) is 18.4. The molecule has 3 nitrogen and oxygen atoms in total. The molecule has 9 heteroatoms. The predicted octanol–water partition coefficient (Wildman–Crippen LogP) is 4.77. The fourth-order valence-electron chi connectivity index (χ4n) is 1.16. The molecule has 1 aromatic heterocycles. The van der Waals surface area contributed by atoms with Gasteiger partial charge in [0.25, 0.3) is 5.56 Å². The predicted molar refractivity (Wildman–Crippen MR) is 87.3 cm³/mol. The SMILES string of the molecule is CCCCc1cc(=O)[nH]c(=S)[nH]1.ClC1(Cl)SC1(Cl)Cl. The smallest absolute Gasteiger partial charge is 0.251 e. The topological polar surface area (TPSA) is 48.6 Å². The van der Waals surface area contributed by atoms with E-state index in [2.05, 4.69) is 16.9 Å². The van der Waals surface area contributed by atoms with Crippen LogP contribution in [0.2, 0.25) is 0 Å². The third-order valence-corrected chi connectivity index (χ3v) is 6.19. The Kier molecular flexibility index (Phi) is 6.55. The lowest BCUT2D eigenvalue weighted by molar-refractivity contribution is 0.769. The molecule has 0 radical (unpaired) electrons. The molecule has 1 fully saturated rings. The number of alkyl halides is 4. The molecule has 0 saturated carbocycles. The number of aromatic nitrogens is 2. The van der Waals surface area contributed by atoms with Gasteiger partial charge in [0.15, 0.2) is 4.77 Å². The average molecular weight is 382 g/mol. The molecule has 0 aliphatic carbocycles. The molecular formula is C10H12Cl4N2OS2. The third-order valence-electron chi connectivity index (χ3n) is 2.17. The van der Waals surface area contributed by atoms with Crippen molar-refractivity contribution in [3.63, 3.8) is 0 Å². The molecule has 1 saturated heterocycles. The quantitative estimate of drug-likeness (QED) is 0.450. The van der Waals surface area contributed by atoms with Crippen molar-refractivity contribution in [1.82, 2.24) is 9.97 Å². The van der Waals surface area contributed by atoms with Gasteiger partial charge in [0.2, 0.25) is 7.33 Å². The van der Waals surface area contributed by atoms with Gasteiger partial charge < -0.3 is 4.98 Å². The average Bonchev–Trinajstić information content (AvgIpc) is 2.71. The van der Waals surface area contributed by atoms with Gasteiger partial charge in [-0.15, -0.1) is 0 Å². The second kappa shape index (κ2) is 7.05. The minimum atomic E-state index is -0.962. The van der Waals surface area contributed by atoms with E-state index in [9.17, 15) is 4.79 Å². The number of hydrogen-bond acceptors (Lipinski definition) is 3. The second-order valence-electron chi connectivity index (χ2n) is 3.85. The number of aromatic amines is 2. The van der Waals surface area contributed by atoms with Crippen molar-refractivity contribution < 1.29 is 0 Å². The molecule has 1 aliphatic heterocycles. The molecule has 19 heavy (non-hydrogen) atoms. The summed E-state index contributed by atoms with van der Waals surface area (Å²) in [5, 5.41) is 0. The highest BCUT2D eigenvalue weighted by molar-refractivity contribution is 8.16. The Morgan fingerprint density at radius 1 is 1.26 bits per heavy atom. The lowest BCUT2D eigenvalue weighted by Gasteiger charge is -1.97. The van der Waals surface area contributed by atoms with E-state index in [1.165, 1.54) is 0 Å². The maximum atomic E-state index is 10.9. The molecule has 2 N–H and O–H groups in total. The van der Waals surface area contributed by atoms with Crippen molar-refractivity contribution >= 4 is 70.4 Å². The molecule has 0 bridgehead atoms. The number of halogens is 4. The van der Waals surface area contributed by atoms with Crippen LogP contribution >= 0.6 is 70.4 Å². The molecule has 0 unspecified atom stereocenters. The Balaban J connectivity index is 0.000000218. The molecule has 0 atom stereocenters. The largest absolute Gasteiger partial charge is 0.336 e. The molecule has 0 amide bonds. The maximum absolute atomic E-state index is 10.9. The first-order valence-corrected chi connectivity index (χ1v) is 8.20. The molecule has 0 aromatic carbocycles. The lowest BCUT2D eigenvalue weighted by atomic mass is 10.2. The van der Waals surface area contributed by atoms with E-state index in [0.717, 1.165) is 36.7 Å². The number of hydrogen-bond donors (Lipinski definition) is 2. The molecule has 1 aromatic rings. The van der Waals surface area contributed by atoms with Gasteiger partial charge in [-0.2, -0.15) is 0 Å². The standard InChI is InChI=1S/C8H12N2OS.C2Cl4S/c1-2-3-4-6-5-7(11)10-8(12)9-6;3-1(4)2(5,6)7-1/h5H,2-4H2,1H3,(H2,9,10,11,12);. The number of nitrogens with one attached hydrogen (secondary N) is 2. The Hall–Kier alpha value is 0.610. The lowest BCUT2D eigenvalue weighted by Crippen LogP contribution is -2.08. The summed E-state index contributed by atoms with van der Waals surface area (Å²) in [5.41, 5.74) is 0.801. The van der Waals surface area contributed by atoms with Crippen LogP contribution in [0.5, 0.6) is 0 Å². The van der Waals surface area contributed by atoms with Crippen LogP contribution in [0.4, 0.5) is 0 Å². The third kappa shape index (κ3) is 5.86. The van der Waals surface area contributed by atoms with Gasteiger partial charge in [0.1, 0.15) is 0 Å². The molecule has 108 valence electrons. The van der Waals surface area contributed by atoms with Gasteiger partial charge in [-0.3, -0.25) is 9.78 Å². The van der Waals surface area contributed by atoms with Crippen molar-refractivity contribution in [2.24, 2.45) is 0 Å². The molecule has 0 spiro atoms. The van der Waals surface area contributed by atoms with E-state index in [1.807, 2.05) is 0 Å². The van der Waals surface area contributed by atoms with E-state index < -0.39 is 7.33 Å². The van der Waals surface area contributed by atoms with Crippen molar-refractivity contribution in [3.8, 4) is 0 Å². The molecular weight excluding hydrogens is 370 g/mol. The van der Waals surface area contributed by atoms with E-state index in [1.54, 1.807) is 6.07 Å². The number of aryl methyl sites for hydroxylation is 1. The fourth-order valence-corrected chi connectivity index (χ4v) is 3.52. The summed E-state index contributed by atoms with van der Waals surface area (Å²) in [5.74, 6) is 0. The van der Waals surface area contributed by atoms with E-state index in [-0.39, 0.29) is 5.56 Å². The summed E-state index contributed by atoms with van der Waals surface area (Å²) in [7, 11) is 0. The zero-order valence-corrected chi connectivity index (χ0v) is 14.6. The summed E-state index contributed by atoms with van der Waals surface area (Å²) in [6, 6.07) is 1.56. The van der Waals surface area contributed by atoms with Crippen molar-refractivity contribution in [2.45, 2.75) is 33.5 Å². The van der Waals surface area contributed by atoms with Crippen molar-refractivity contribution in [2.75, 3.05) is 0 Å². The van der Waals surface area contributed by atoms with Crippen LogP contribution in [0, 0.1) is 4.77 Å². The Morgan fingerprint density at radius 2 is 1.79 bits per heavy atom. The first kappa shape index (κ1) is 17.7. The molecule has 1 aliphatic rings. The highest BCUT2D eigenvalue weighted by Crippen LogP contribution is 2.74. The van der Waals surface area contributed by atoms with Crippen molar-refractivity contribution in [1.29, 1.82) is 0 Å².